The number of carbonyl (C=O) groups excluding carboxylic acids is 1. The summed E-state index contributed by atoms with van der Waals surface area (Å²) in [4.78, 5) is 14.2. The Morgan fingerprint density at radius 2 is 1.84 bits per heavy atom. The number of benzene rings is 1. The minimum atomic E-state index is -0.661. The molecule has 2 heterocycles. The van der Waals surface area contributed by atoms with E-state index in [0.717, 1.165) is 22.8 Å². The third-order valence-electron chi connectivity index (χ3n) is 6.56. The Balaban J connectivity index is 2.14. The van der Waals surface area contributed by atoms with Crippen LogP contribution in [0.4, 0.5) is 0 Å². The van der Waals surface area contributed by atoms with Crippen LogP contribution >= 0.6 is 11.8 Å². The van der Waals surface area contributed by atoms with E-state index in [1.807, 2.05) is 38.6 Å². The summed E-state index contributed by atoms with van der Waals surface area (Å²) >= 11 is 1.85. The maximum Gasteiger partial charge on any atom is 0.311 e. The Labute approximate surface area is 233 Å². The number of hydrogen-bond donors (Lipinski definition) is 1. The second kappa shape index (κ2) is 12.3. The summed E-state index contributed by atoms with van der Waals surface area (Å²) in [5.74, 6) is -0.168. The van der Waals surface area contributed by atoms with E-state index in [-0.39, 0.29) is 10.7 Å². The molecule has 0 amide bonds. The molecule has 0 atom stereocenters. The van der Waals surface area contributed by atoms with E-state index >= 15 is 0 Å². The zero-order chi connectivity index (χ0) is 28.1. The summed E-state index contributed by atoms with van der Waals surface area (Å²) in [5, 5.41) is 5.73. The van der Waals surface area contributed by atoms with Crippen LogP contribution in [0.5, 0.6) is 0 Å². The molecule has 0 saturated carbocycles. The van der Waals surface area contributed by atoms with E-state index in [9.17, 15) is 4.79 Å². The van der Waals surface area contributed by atoms with Crippen molar-refractivity contribution in [3.8, 4) is 0 Å². The first-order valence-corrected chi connectivity index (χ1v) is 14.3. The number of esters is 1. The van der Waals surface area contributed by atoms with Gasteiger partial charge in [0.25, 0.3) is 0 Å². The van der Waals surface area contributed by atoms with Crippen LogP contribution in [-0.4, -0.2) is 28.4 Å². The average molecular weight is 533 g/mol. The Bertz CT molecular complexity index is 1350. The second-order valence-corrected chi connectivity index (χ2v) is 13.3. The van der Waals surface area contributed by atoms with Crippen LogP contribution in [0.15, 0.2) is 59.7 Å². The lowest BCUT2D eigenvalue weighted by Crippen LogP contribution is -2.32. The predicted molar refractivity (Wildman–Crippen MR) is 163 cm³/mol. The lowest BCUT2D eigenvalue weighted by Gasteiger charge is -2.26. The zero-order valence-electron chi connectivity index (χ0n) is 24.4. The summed E-state index contributed by atoms with van der Waals surface area (Å²) < 4.78 is 7.85. The molecule has 4 nitrogen and oxygen atoms in total. The third-order valence-corrected chi connectivity index (χ3v) is 7.83. The van der Waals surface area contributed by atoms with Gasteiger partial charge in [0.15, 0.2) is 0 Å². The highest BCUT2D eigenvalue weighted by molar-refractivity contribution is 8.00. The number of hydrogen-bond acceptors (Lipinski definition) is 4. The van der Waals surface area contributed by atoms with Crippen LogP contribution in [0.2, 0.25) is 0 Å². The van der Waals surface area contributed by atoms with Crippen molar-refractivity contribution >= 4 is 35.5 Å². The molecule has 3 rings (SSSR count). The molecule has 1 aromatic carbocycles. The van der Waals surface area contributed by atoms with E-state index in [4.69, 9.17) is 4.74 Å². The Hall–Kier alpha value is -2.92. The summed E-state index contributed by atoms with van der Waals surface area (Å²) in [6.07, 6.45) is 11.0. The molecular weight excluding hydrogens is 488 g/mol. The molecular formula is C33H44N2O2S. The molecule has 1 N–H and O–H groups in total. The van der Waals surface area contributed by atoms with Crippen LogP contribution in [0.1, 0.15) is 72.2 Å². The summed E-state index contributed by atoms with van der Waals surface area (Å²) in [6, 6.07) is 8.85. The van der Waals surface area contributed by atoms with Crippen molar-refractivity contribution in [3.05, 3.63) is 82.2 Å². The van der Waals surface area contributed by atoms with Crippen molar-refractivity contribution in [2.75, 3.05) is 13.2 Å². The molecule has 1 aromatic heterocycles. The number of allylic oxidation sites excluding steroid dienone is 4. The quantitative estimate of drug-likeness (QED) is 0.308. The highest BCUT2D eigenvalue weighted by Crippen LogP contribution is 2.35. The highest BCUT2D eigenvalue weighted by Gasteiger charge is 2.33. The van der Waals surface area contributed by atoms with Gasteiger partial charge in [-0.1, -0.05) is 75.9 Å². The number of carbonyl (C=O) groups is 1. The van der Waals surface area contributed by atoms with Gasteiger partial charge in [-0.2, -0.15) is 0 Å². The third kappa shape index (κ3) is 7.13. The van der Waals surface area contributed by atoms with Gasteiger partial charge in [0.1, 0.15) is 0 Å². The van der Waals surface area contributed by atoms with E-state index in [1.165, 1.54) is 27.3 Å². The van der Waals surface area contributed by atoms with E-state index in [0.29, 0.717) is 19.6 Å². The Morgan fingerprint density at radius 3 is 2.37 bits per heavy atom. The molecule has 2 aromatic rings. The lowest BCUT2D eigenvalue weighted by atomic mass is 9.87. The van der Waals surface area contributed by atoms with Crippen molar-refractivity contribution in [3.63, 3.8) is 0 Å². The molecule has 1 aliphatic rings. The fraction of sp³-hybridized carbons (Fsp3) is 0.424. The van der Waals surface area contributed by atoms with Gasteiger partial charge >= 0.3 is 5.97 Å². The molecule has 0 aliphatic carbocycles. The topological polar surface area (TPSA) is 43.3 Å². The van der Waals surface area contributed by atoms with Gasteiger partial charge in [0.05, 0.1) is 12.0 Å². The summed E-state index contributed by atoms with van der Waals surface area (Å²) in [5.41, 5.74) is 5.42. The summed E-state index contributed by atoms with van der Waals surface area (Å²) in [6.45, 7) is 22.6. The van der Waals surface area contributed by atoms with E-state index in [1.54, 1.807) is 0 Å². The minimum Gasteiger partial charge on any atom is -0.466 e. The first-order valence-electron chi connectivity index (χ1n) is 13.5. The monoisotopic (exact) mass is 532 g/mol. The van der Waals surface area contributed by atoms with E-state index < -0.39 is 5.41 Å². The standard InChI is InChI=1S/C33H44N2O2S/c1-10-13-27-28(11-2)35(22-24-15-18-25(19-16-24)26-17-14-23(4)34-21-26)29(30(27)38-32(5,6)7)20-33(8,9)31(36)37-12-3/h10-11,13-19,34H,1,12,20-22H2,2-9H3/b27-13+,28-11+. The van der Waals surface area contributed by atoms with Gasteiger partial charge in [-0.15, -0.1) is 11.8 Å². The fourth-order valence-corrected chi connectivity index (χ4v) is 5.85. The number of thioether (sulfide) groups is 1. The van der Waals surface area contributed by atoms with Gasteiger partial charge in [0.2, 0.25) is 0 Å². The number of nitrogens with one attached hydrogen (secondary N) is 1. The molecule has 0 unspecified atom stereocenters. The lowest BCUT2D eigenvalue weighted by molar-refractivity contribution is -0.153. The second-order valence-electron chi connectivity index (χ2n) is 11.4. The SMILES string of the molecule is C=C/C=c1/c(SC(C)(C)C)c(CC(C)(C)C(=O)OCC)n(Cc2ccc(C3=CC=C(C)NC3)cc2)/c1=C/C. The molecule has 5 heteroatoms. The molecule has 0 bridgehead atoms. The number of ether oxygens (including phenoxy) is 1. The van der Waals surface area contributed by atoms with Gasteiger partial charge < -0.3 is 14.6 Å². The van der Waals surface area contributed by atoms with E-state index in [2.05, 4.69) is 99.7 Å². The number of nitrogens with zero attached hydrogens (tertiary/aromatic N) is 1. The maximum atomic E-state index is 12.9. The van der Waals surface area contributed by atoms with Gasteiger partial charge in [-0.3, -0.25) is 4.79 Å². The zero-order valence-corrected chi connectivity index (χ0v) is 25.2. The smallest absolute Gasteiger partial charge is 0.311 e. The predicted octanol–water partition coefficient (Wildman–Crippen LogP) is 6.22. The normalized spacial score (nSPS) is 15.2. The first kappa shape index (κ1) is 29.6. The average Bonchev–Trinajstić information content (AvgIpc) is 3.10. The molecule has 204 valence electrons. The van der Waals surface area contributed by atoms with Crippen molar-refractivity contribution < 1.29 is 9.53 Å². The van der Waals surface area contributed by atoms with Crippen molar-refractivity contribution in [1.82, 2.24) is 9.88 Å². The Kier molecular flexibility index (Phi) is 9.59. The molecule has 0 fully saturated rings. The Morgan fingerprint density at radius 1 is 1.16 bits per heavy atom. The van der Waals surface area contributed by atoms with Crippen molar-refractivity contribution in [2.24, 2.45) is 5.41 Å². The van der Waals surface area contributed by atoms with Crippen LogP contribution in [0.3, 0.4) is 0 Å². The van der Waals surface area contributed by atoms with Crippen LogP contribution < -0.4 is 15.9 Å². The summed E-state index contributed by atoms with van der Waals surface area (Å²) in [7, 11) is 0. The number of aromatic nitrogens is 1. The molecule has 38 heavy (non-hydrogen) atoms. The fourth-order valence-electron chi connectivity index (χ4n) is 4.65. The molecule has 1 aliphatic heterocycles. The molecule has 0 saturated heterocycles. The molecule has 0 spiro atoms. The highest BCUT2D eigenvalue weighted by atomic mass is 32.2. The number of dihydropyridines is 1. The van der Waals surface area contributed by atoms with Crippen LogP contribution in [0.25, 0.3) is 17.7 Å². The van der Waals surface area contributed by atoms with Gasteiger partial charge in [-0.05, 0) is 57.4 Å². The number of rotatable bonds is 9. The van der Waals surface area contributed by atoms with Gasteiger partial charge in [0, 0.05) is 51.1 Å². The minimum absolute atomic E-state index is 0.0000208. The largest absolute Gasteiger partial charge is 0.466 e. The molecule has 0 radical (unpaired) electrons. The first-order chi connectivity index (χ1) is 17.9. The van der Waals surface area contributed by atoms with Crippen LogP contribution in [-0.2, 0) is 22.5 Å². The van der Waals surface area contributed by atoms with Crippen molar-refractivity contribution in [2.45, 2.75) is 78.0 Å². The van der Waals surface area contributed by atoms with Crippen molar-refractivity contribution in [1.29, 1.82) is 0 Å². The maximum absolute atomic E-state index is 12.9. The van der Waals surface area contributed by atoms with Crippen LogP contribution in [0, 0.1) is 5.41 Å². The van der Waals surface area contributed by atoms with Gasteiger partial charge in [-0.25, -0.2) is 0 Å².